The molecule has 2 aromatic carbocycles. The molecule has 0 spiro atoms. The minimum Gasteiger partial charge on any atom is -0.491 e. The summed E-state index contributed by atoms with van der Waals surface area (Å²) >= 11 is 4.87. The molecule has 1 saturated heterocycles. The number of ether oxygens (including phenoxy) is 1. The van der Waals surface area contributed by atoms with Crippen molar-refractivity contribution in [3.63, 3.8) is 0 Å². The fourth-order valence-electron chi connectivity index (χ4n) is 3.83. The lowest BCUT2D eigenvalue weighted by molar-refractivity contribution is -0.123. The SMILES string of the molecule is CCC(C)c1ccccc1OCCn1cc(C=C2C(=O)NC(=S)NC2=O)c2ccccc21. The van der Waals surface area contributed by atoms with Gasteiger partial charge in [-0.05, 0) is 48.3 Å². The zero-order chi connectivity index (χ0) is 22.7. The van der Waals surface area contributed by atoms with Crippen molar-refractivity contribution < 1.29 is 14.3 Å². The second-order valence-corrected chi connectivity index (χ2v) is 8.19. The van der Waals surface area contributed by atoms with Gasteiger partial charge in [-0.1, -0.05) is 50.2 Å². The van der Waals surface area contributed by atoms with Gasteiger partial charge >= 0.3 is 0 Å². The second kappa shape index (κ2) is 9.36. The number of nitrogens with one attached hydrogen (secondary N) is 2. The molecule has 2 amide bonds. The topological polar surface area (TPSA) is 72.4 Å². The van der Waals surface area contributed by atoms with Crippen molar-refractivity contribution in [3.05, 3.63) is 71.4 Å². The first-order valence-corrected chi connectivity index (χ1v) is 11.1. The molecule has 164 valence electrons. The van der Waals surface area contributed by atoms with Gasteiger partial charge in [-0.3, -0.25) is 20.2 Å². The molecule has 4 rings (SSSR count). The highest BCUT2D eigenvalue weighted by Gasteiger charge is 2.26. The molecule has 1 fully saturated rings. The van der Waals surface area contributed by atoms with Gasteiger partial charge in [0.1, 0.15) is 17.9 Å². The van der Waals surface area contributed by atoms with Crippen molar-refractivity contribution >= 4 is 46.1 Å². The fourth-order valence-corrected chi connectivity index (χ4v) is 4.02. The minimum absolute atomic E-state index is 0.0226. The summed E-state index contributed by atoms with van der Waals surface area (Å²) in [6, 6.07) is 16.0. The van der Waals surface area contributed by atoms with E-state index in [9.17, 15) is 9.59 Å². The van der Waals surface area contributed by atoms with E-state index in [1.54, 1.807) is 6.08 Å². The third-order valence-electron chi connectivity index (χ3n) is 5.71. The average Bonchev–Trinajstić information content (AvgIpc) is 3.13. The van der Waals surface area contributed by atoms with E-state index in [4.69, 9.17) is 17.0 Å². The molecule has 0 bridgehead atoms. The predicted octanol–water partition coefficient (Wildman–Crippen LogP) is 4.15. The van der Waals surface area contributed by atoms with Crippen LogP contribution >= 0.6 is 12.2 Å². The van der Waals surface area contributed by atoms with E-state index in [1.165, 1.54) is 5.56 Å². The van der Waals surface area contributed by atoms with Gasteiger partial charge in [0.05, 0.1) is 6.54 Å². The number of amides is 2. The van der Waals surface area contributed by atoms with E-state index in [-0.39, 0.29) is 10.7 Å². The Morgan fingerprint density at radius 2 is 1.75 bits per heavy atom. The maximum atomic E-state index is 12.2. The van der Waals surface area contributed by atoms with E-state index in [1.807, 2.05) is 48.7 Å². The van der Waals surface area contributed by atoms with Gasteiger partial charge in [0.15, 0.2) is 5.11 Å². The van der Waals surface area contributed by atoms with Crippen molar-refractivity contribution in [2.45, 2.75) is 32.7 Å². The number of carbonyl (C=O) groups is 2. The summed E-state index contributed by atoms with van der Waals surface area (Å²) in [5, 5.41) is 5.92. The molecular weight excluding hydrogens is 422 g/mol. The highest BCUT2D eigenvalue weighted by molar-refractivity contribution is 7.80. The molecule has 0 saturated carbocycles. The number of aromatic nitrogens is 1. The van der Waals surface area contributed by atoms with Crippen LogP contribution in [0.15, 0.2) is 60.3 Å². The summed E-state index contributed by atoms with van der Waals surface area (Å²) in [5.74, 6) is 0.339. The Balaban J connectivity index is 1.58. The standard InChI is InChI=1S/C25H25N3O3S/c1-3-16(2)18-8-5-7-11-22(18)31-13-12-28-15-17(19-9-4-6-10-21(19)28)14-20-23(29)26-25(32)27-24(20)30/h4-11,14-16H,3,12-13H2,1-2H3,(H2,26,27,29,30,32). The van der Waals surface area contributed by atoms with Crippen LogP contribution in [0.5, 0.6) is 5.75 Å². The molecule has 7 heteroatoms. The number of carbonyl (C=O) groups excluding carboxylic acids is 2. The Kier molecular flexibility index (Phi) is 6.37. The zero-order valence-electron chi connectivity index (χ0n) is 18.1. The van der Waals surface area contributed by atoms with Crippen molar-refractivity contribution in [3.8, 4) is 5.75 Å². The average molecular weight is 448 g/mol. The largest absolute Gasteiger partial charge is 0.491 e. The normalized spacial score (nSPS) is 14.8. The summed E-state index contributed by atoms with van der Waals surface area (Å²) in [6.45, 7) is 5.49. The number of rotatable bonds is 7. The van der Waals surface area contributed by atoms with E-state index in [2.05, 4.69) is 35.1 Å². The lowest BCUT2D eigenvalue weighted by Crippen LogP contribution is -2.51. The molecule has 0 aliphatic carbocycles. The number of hydrogen-bond donors (Lipinski definition) is 2. The van der Waals surface area contributed by atoms with Gasteiger partial charge < -0.3 is 9.30 Å². The summed E-state index contributed by atoms with van der Waals surface area (Å²) < 4.78 is 8.22. The molecule has 1 aliphatic rings. The lowest BCUT2D eigenvalue weighted by atomic mass is 9.98. The Labute approximate surface area is 192 Å². The van der Waals surface area contributed by atoms with E-state index in [0.29, 0.717) is 19.1 Å². The predicted molar refractivity (Wildman–Crippen MR) is 129 cm³/mol. The van der Waals surface area contributed by atoms with Crippen molar-refractivity contribution in [2.75, 3.05) is 6.61 Å². The quantitative estimate of drug-likeness (QED) is 0.324. The van der Waals surface area contributed by atoms with Crippen LogP contribution in [0.2, 0.25) is 0 Å². The Morgan fingerprint density at radius 1 is 1.06 bits per heavy atom. The van der Waals surface area contributed by atoms with E-state index < -0.39 is 11.8 Å². The molecule has 2 heterocycles. The van der Waals surface area contributed by atoms with Gasteiger partial charge in [-0.15, -0.1) is 0 Å². The molecule has 32 heavy (non-hydrogen) atoms. The monoisotopic (exact) mass is 447 g/mol. The van der Waals surface area contributed by atoms with Crippen LogP contribution < -0.4 is 15.4 Å². The van der Waals surface area contributed by atoms with Gasteiger partial charge in [-0.25, -0.2) is 0 Å². The molecule has 0 radical (unpaired) electrons. The van der Waals surface area contributed by atoms with E-state index in [0.717, 1.165) is 28.6 Å². The third kappa shape index (κ3) is 4.43. The van der Waals surface area contributed by atoms with Crippen LogP contribution in [-0.2, 0) is 16.1 Å². The maximum absolute atomic E-state index is 12.2. The summed E-state index contributed by atoms with van der Waals surface area (Å²) in [7, 11) is 0. The number of para-hydroxylation sites is 2. The van der Waals surface area contributed by atoms with Gasteiger partial charge in [0.2, 0.25) is 0 Å². The number of thiocarbonyl (C=S) groups is 1. The fraction of sp³-hybridized carbons (Fsp3) is 0.240. The molecule has 3 aromatic rings. The molecule has 1 atom stereocenters. The second-order valence-electron chi connectivity index (χ2n) is 7.79. The van der Waals surface area contributed by atoms with Crippen LogP contribution in [0.3, 0.4) is 0 Å². The number of fused-ring (bicyclic) bond motifs is 1. The van der Waals surface area contributed by atoms with Crippen molar-refractivity contribution in [2.24, 2.45) is 0 Å². The van der Waals surface area contributed by atoms with Gasteiger partial charge in [0, 0.05) is 22.7 Å². The van der Waals surface area contributed by atoms with Crippen LogP contribution in [0, 0.1) is 0 Å². The highest BCUT2D eigenvalue weighted by Crippen LogP contribution is 2.29. The Hall–Kier alpha value is -3.45. The minimum atomic E-state index is -0.499. The van der Waals surface area contributed by atoms with Crippen molar-refractivity contribution in [1.29, 1.82) is 0 Å². The third-order valence-corrected chi connectivity index (χ3v) is 5.92. The molecule has 1 aliphatic heterocycles. The summed E-state index contributed by atoms with van der Waals surface area (Å²) in [5.41, 5.74) is 3.03. The molecule has 1 aromatic heterocycles. The van der Waals surface area contributed by atoms with Crippen LogP contribution in [0.1, 0.15) is 37.3 Å². The number of hydrogen-bond acceptors (Lipinski definition) is 4. The van der Waals surface area contributed by atoms with Crippen LogP contribution in [0.4, 0.5) is 0 Å². The van der Waals surface area contributed by atoms with Gasteiger partial charge in [-0.2, -0.15) is 0 Å². The Bertz CT molecular complexity index is 1210. The first-order chi connectivity index (χ1) is 15.5. The van der Waals surface area contributed by atoms with Crippen LogP contribution in [-0.4, -0.2) is 28.1 Å². The molecule has 6 nitrogen and oxygen atoms in total. The van der Waals surface area contributed by atoms with Crippen molar-refractivity contribution in [1.82, 2.24) is 15.2 Å². The zero-order valence-corrected chi connectivity index (χ0v) is 18.9. The number of benzene rings is 2. The van der Waals surface area contributed by atoms with Crippen LogP contribution in [0.25, 0.3) is 17.0 Å². The molecular formula is C25H25N3O3S. The summed E-state index contributed by atoms with van der Waals surface area (Å²) in [6.07, 6.45) is 4.59. The smallest absolute Gasteiger partial charge is 0.263 e. The first kappa shape index (κ1) is 21.8. The Morgan fingerprint density at radius 3 is 2.50 bits per heavy atom. The maximum Gasteiger partial charge on any atom is 0.263 e. The molecule has 2 N–H and O–H groups in total. The first-order valence-electron chi connectivity index (χ1n) is 10.7. The van der Waals surface area contributed by atoms with E-state index >= 15 is 0 Å². The summed E-state index contributed by atoms with van der Waals surface area (Å²) in [4.78, 5) is 24.5. The number of nitrogens with zero attached hydrogens (tertiary/aromatic N) is 1. The lowest BCUT2D eigenvalue weighted by Gasteiger charge is -2.16. The highest BCUT2D eigenvalue weighted by atomic mass is 32.1. The van der Waals surface area contributed by atoms with Gasteiger partial charge in [0.25, 0.3) is 11.8 Å². The molecule has 1 unspecified atom stereocenters.